The summed E-state index contributed by atoms with van der Waals surface area (Å²) in [5, 5.41) is 5.62. The average Bonchev–Trinajstić information content (AvgIpc) is 2.96. The Morgan fingerprint density at radius 3 is 2.88 bits per heavy atom. The minimum atomic E-state index is -0.217. The summed E-state index contributed by atoms with van der Waals surface area (Å²) < 4.78 is 1.37. The Morgan fingerprint density at radius 1 is 1.41 bits per heavy atom. The molecule has 92 valence electrons. The zero-order valence-corrected chi connectivity index (χ0v) is 9.56. The van der Waals surface area contributed by atoms with Crippen molar-refractivity contribution in [1.82, 2.24) is 20.2 Å². The molecule has 0 unspecified atom stereocenters. The molecule has 0 aromatic carbocycles. The van der Waals surface area contributed by atoms with Gasteiger partial charge in [-0.2, -0.15) is 0 Å². The average molecular weight is 236 g/mol. The third kappa shape index (κ3) is 3.90. The van der Waals surface area contributed by atoms with E-state index in [4.69, 9.17) is 0 Å². The maximum atomic E-state index is 11.4. The summed E-state index contributed by atoms with van der Waals surface area (Å²) >= 11 is 0. The number of hydrogen-bond acceptors (Lipinski definition) is 3. The molecule has 1 fully saturated rings. The van der Waals surface area contributed by atoms with Crippen LogP contribution < -0.4 is 10.6 Å². The van der Waals surface area contributed by atoms with Crippen LogP contribution in [0.1, 0.15) is 25.7 Å². The summed E-state index contributed by atoms with van der Waals surface area (Å²) in [4.78, 5) is 26.6. The lowest BCUT2D eigenvalue weighted by molar-refractivity contribution is -0.121. The molecule has 0 saturated heterocycles. The highest BCUT2D eigenvalue weighted by atomic mass is 16.2. The predicted molar refractivity (Wildman–Crippen MR) is 61.4 cm³/mol. The summed E-state index contributed by atoms with van der Waals surface area (Å²) in [6, 6.07) is 0.188. The minimum Gasteiger partial charge on any atom is -0.353 e. The van der Waals surface area contributed by atoms with Crippen LogP contribution in [0.3, 0.4) is 0 Å². The van der Waals surface area contributed by atoms with E-state index in [0.29, 0.717) is 25.4 Å². The topological polar surface area (TPSA) is 76.0 Å². The SMILES string of the molecule is O=C(CCCNC(=O)n1ccnc1)NC1CC1. The van der Waals surface area contributed by atoms with Gasteiger partial charge in [0.1, 0.15) is 6.33 Å². The van der Waals surface area contributed by atoms with E-state index in [-0.39, 0.29) is 11.9 Å². The number of amides is 2. The minimum absolute atomic E-state index is 0.0735. The smallest absolute Gasteiger partial charge is 0.326 e. The second-order valence-electron chi connectivity index (χ2n) is 4.15. The summed E-state index contributed by atoms with van der Waals surface area (Å²) in [6.45, 7) is 0.495. The molecule has 1 saturated carbocycles. The van der Waals surface area contributed by atoms with Crippen LogP contribution in [-0.2, 0) is 4.79 Å². The van der Waals surface area contributed by atoms with Crippen molar-refractivity contribution in [1.29, 1.82) is 0 Å². The van der Waals surface area contributed by atoms with Crippen molar-refractivity contribution < 1.29 is 9.59 Å². The van der Waals surface area contributed by atoms with Crippen molar-refractivity contribution in [3.05, 3.63) is 18.7 Å². The first-order valence-corrected chi connectivity index (χ1v) is 5.81. The zero-order chi connectivity index (χ0) is 12.1. The van der Waals surface area contributed by atoms with Crippen LogP contribution in [0, 0.1) is 0 Å². The molecule has 1 aromatic rings. The Kier molecular flexibility index (Phi) is 3.74. The van der Waals surface area contributed by atoms with E-state index in [9.17, 15) is 9.59 Å². The highest BCUT2D eigenvalue weighted by Crippen LogP contribution is 2.18. The number of aromatic nitrogens is 2. The van der Waals surface area contributed by atoms with Gasteiger partial charge in [-0.25, -0.2) is 9.78 Å². The summed E-state index contributed by atoms with van der Waals surface area (Å²) in [6.07, 6.45) is 7.87. The van der Waals surface area contributed by atoms with E-state index in [0.717, 1.165) is 12.8 Å². The number of nitrogens with one attached hydrogen (secondary N) is 2. The maximum absolute atomic E-state index is 11.4. The van der Waals surface area contributed by atoms with E-state index in [1.54, 1.807) is 12.4 Å². The number of rotatable bonds is 5. The number of nitrogens with zero attached hydrogens (tertiary/aromatic N) is 2. The maximum Gasteiger partial charge on any atom is 0.326 e. The first kappa shape index (κ1) is 11.6. The molecule has 0 bridgehead atoms. The standard InChI is InChI=1S/C11H16N4O2/c16-10(14-9-3-4-9)2-1-5-13-11(17)15-7-6-12-8-15/h6-9H,1-5H2,(H,13,17)(H,14,16). The lowest BCUT2D eigenvalue weighted by atomic mass is 10.3. The van der Waals surface area contributed by atoms with E-state index in [1.807, 2.05) is 0 Å². The molecule has 17 heavy (non-hydrogen) atoms. The first-order chi connectivity index (χ1) is 8.25. The van der Waals surface area contributed by atoms with Gasteiger partial charge in [0.2, 0.25) is 5.91 Å². The van der Waals surface area contributed by atoms with Crippen LogP contribution in [-0.4, -0.2) is 34.1 Å². The molecule has 6 nitrogen and oxygen atoms in total. The second-order valence-corrected chi connectivity index (χ2v) is 4.15. The number of carbonyl (C=O) groups excluding carboxylic acids is 2. The Balaban J connectivity index is 1.56. The van der Waals surface area contributed by atoms with Crippen molar-refractivity contribution in [2.75, 3.05) is 6.54 Å². The van der Waals surface area contributed by atoms with Gasteiger partial charge in [-0.3, -0.25) is 9.36 Å². The van der Waals surface area contributed by atoms with Gasteiger partial charge in [0.05, 0.1) is 0 Å². The Morgan fingerprint density at radius 2 is 2.24 bits per heavy atom. The van der Waals surface area contributed by atoms with Crippen molar-refractivity contribution in [2.45, 2.75) is 31.7 Å². The zero-order valence-electron chi connectivity index (χ0n) is 9.56. The van der Waals surface area contributed by atoms with Crippen LogP contribution >= 0.6 is 0 Å². The van der Waals surface area contributed by atoms with E-state index >= 15 is 0 Å². The highest BCUT2D eigenvalue weighted by molar-refractivity contribution is 5.77. The van der Waals surface area contributed by atoms with Gasteiger partial charge < -0.3 is 10.6 Å². The summed E-state index contributed by atoms with van der Waals surface area (Å²) in [7, 11) is 0. The molecule has 0 radical (unpaired) electrons. The van der Waals surface area contributed by atoms with Gasteiger partial charge in [0.25, 0.3) is 0 Å². The molecule has 1 aliphatic rings. The fourth-order valence-electron chi connectivity index (χ4n) is 1.44. The third-order valence-corrected chi connectivity index (χ3v) is 2.54. The van der Waals surface area contributed by atoms with Gasteiger partial charge >= 0.3 is 6.03 Å². The van der Waals surface area contributed by atoms with Crippen molar-refractivity contribution in [2.24, 2.45) is 0 Å². The molecule has 2 rings (SSSR count). The molecular weight excluding hydrogens is 220 g/mol. The molecule has 0 atom stereocenters. The normalized spacial score (nSPS) is 14.4. The monoisotopic (exact) mass is 236 g/mol. The Labute approximate surface area is 99.4 Å². The summed E-state index contributed by atoms with van der Waals surface area (Å²) in [5.41, 5.74) is 0. The van der Waals surface area contributed by atoms with E-state index < -0.39 is 0 Å². The molecule has 1 aliphatic carbocycles. The van der Waals surface area contributed by atoms with E-state index in [1.165, 1.54) is 10.9 Å². The van der Waals surface area contributed by atoms with Crippen molar-refractivity contribution >= 4 is 11.9 Å². The van der Waals surface area contributed by atoms with Gasteiger partial charge in [-0.1, -0.05) is 0 Å². The number of imidazole rings is 1. The predicted octanol–water partition coefficient (Wildman–Crippen LogP) is 0.500. The van der Waals surface area contributed by atoms with Crippen molar-refractivity contribution in [3.8, 4) is 0 Å². The molecule has 0 aliphatic heterocycles. The Hall–Kier alpha value is -1.85. The van der Waals surface area contributed by atoms with Crippen LogP contribution in [0.5, 0.6) is 0 Å². The number of hydrogen-bond donors (Lipinski definition) is 2. The van der Waals surface area contributed by atoms with E-state index in [2.05, 4.69) is 15.6 Å². The van der Waals surface area contributed by atoms with Gasteiger partial charge in [-0.05, 0) is 19.3 Å². The molecule has 6 heteroatoms. The van der Waals surface area contributed by atoms with Gasteiger partial charge in [-0.15, -0.1) is 0 Å². The molecule has 2 amide bonds. The Bertz CT molecular complexity index is 384. The fourth-order valence-corrected chi connectivity index (χ4v) is 1.44. The number of carbonyl (C=O) groups is 2. The van der Waals surface area contributed by atoms with Crippen LogP contribution in [0.2, 0.25) is 0 Å². The van der Waals surface area contributed by atoms with Crippen molar-refractivity contribution in [3.63, 3.8) is 0 Å². The van der Waals surface area contributed by atoms with Gasteiger partial charge in [0.15, 0.2) is 0 Å². The first-order valence-electron chi connectivity index (χ1n) is 5.81. The highest BCUT2D eigenvalue weighted by Gasteiger charge is 2.22. The lowest BCUT2D eigenvalue weighted by Gasteiger charge is -2.05. The molecular formula is C11H16N4O2. The molecule has 2 N–H and O–H groups in total. The second kappa shape index (κ2) is 5.47. The lowest BCUT2D eigenvalue weighted by Crippen LogP contribution is -2.30. The quantitative estimate of drug-likeness (QED) is 0.731. The van der Waals surface area contributed by atoms with Gasteiger partial charge in [0, 0.05) is 31.4 Å². The molecule has 1 heterocycles. The van der Waals surface area contributed by atoms with Crippen LogP contribution in [0.4, 0.5) is 4.79 Å². The van der Waals surface area contributed by atoms with Crippen LogP contribution in [0.15, 0.2) is 18.7 Å². The summed E-state index contributed by atoms with van der Waals surface area (Å²) in [5.74, 6) is 0.0735. The largest absolute Gasteiger partial charge is 0.353 e. The molecule has 0 spiro atoms. The fraction of sp³-hybridized carbons (Fsp3) is 0.545. The third-order valence-electron chi connectivity index (χ3n) is 2.54. The molecule has 1 aromatic heterocycles. The van der Waals surface area contributed by atoms with Crippen LogP contribution in [0.25, 0.3) is 0 Å².